The molecular weight excluding hydrogens is 294 g/mol. The number of nitrogens with one attached hydrogen (secondary N) is 1. The van der Waals surface area contributed by atoms with Gasteiger partial charge in [0.25, 0.3) is 5.91 Å². The highest BCUT2D eigenvalue weighted by Gasteiger charge is 2.08. The number of nitrogens with zero attached hydrogens (tertiary/aromatic N) is 2. The van der Waals surface area contributed by atoms with Crippen LogP contribution in [0.25, 0.3) is 5.65 Å². The molecule has 0 spiro atoms. The minimum absolute atomic E-state index is 0.0959. The molecule has 0 fully saturated rings. The zero-order valence-electron chi connectivity index (χ0n) is 12.9. The van der Waals surface area contributed by atoms with Crippen LogP contribution in [0, 0.1) is 6.92 Å². The second-order valence-electron chi connectivity index (χ2n) is 5.05. The first-order chi connectivity index (χ1) is 11.2. The van der Waals surface area contributed by atoms with Crippen molar-refractivity contribution >= 4 is 17.2 Å². The number of fused-ring (bicyclic) bond motifs is 1. The first-order valence-electron chi connectivity index (χ1n) is 7.17. The van der Waals surface area contributed by atoms with Gasteiger partial charge in [-0.05, 0) is 31.2 Å². The number of carbonyl (C=O) groups is 1. The van der Waals surface area contributed by atoms with E-state index >= 15 is 0 Å². The number of anilines is 1. The van der Waals surface area contributed by atoms with Gasteiger partial charge in [0, 0.05) is 12.4 Å². The van der Waals surface area contributed by atoms with E-state index in [-0.39, 0.29) is 12.5 Å². The first-order valence-corrected chi connectivity index (χ1v) is 7.17. The molecule has 23 heavy (non-hydrogen) atoms. The number of carbonyl (C=O) groups excluding carboxylic acids is 1. The summed E-state index contributed by atoms with van der Waals surface area (Å²) < 4.78 is 12.5. The van der Waals surface area contributed by atoms with Crippen LogP contribution in [0.1, 0.15) is 5.69 Å². The van der Waals surface area contributed by atoms with E-state index in [2.05, 4.69) is 10.3 Å². The number of amides is 1. The van der Waals surface area contributed by atoms with Crippen molar-refractivity contribution in [1.29, 1.82) is 0 Å². The van der Waals surface area contributed by atoms with Crippen LogP contribution in [0.4, 0.5) is 5.69 Å². The van der Waals surface area contributed by atoms with Crippen LogP contribution in [0.2, 0.25) is 0 Å². The summed E-state index contributed by atoms with van der Waals surface area (Å²) in [4.78, 5) is 16.4. The summed E-state index contributed by atoms with van der Waals surface area (Å²) in [6.45, 7) is 1.83. The number of benzene rings is 1. The number of pyridine rings is 1. The van der Waals surface area contributed by atoms with Gasteiger partial charge in [-0.15, -0.1) is 0 Å². The number of aryl methyl sites for hydroxylation is 1. The molecule has 118 valence electrons. The number of ether oxygens (including phenoxy) is 2. The van der Waals surface area contributed by atoms with E-state index in [0.717, 1.165) is 11.3 Å². The summed E-state index contributed by atoms with van der Waals surface area (Å²) in [6, 6.07) is 10.9. The summed E-state index contributed by atoms with van der Waals surface area (Å²) in [5, 5.41) is 2.80. The molecule has 1 amide bonds. The second-order valence-corrected chi connectivity index (χ2v) is 5.05. The van der Waals surface area contributed by atoms with E-state index in [1.807, 2.05) is 48.0 Å². The minimum Gasteiger partial charge on any atom is -0.493 e. The first kappa shape index (κ1) is 14.9. The van der Waals surface area contributed by atoms with Gasteiger partial charge in [-0.25, -0.2) is 4.98 Å². The summed E-state index contributed by atoms with van der Waals surface area (Å²) in [5.74, 6) is 0.883. The maximum Gasteiger partial charge on any atom is 0.262 e. The fourth-order valence-corrected chi connectivity index (χ4v) is 2.27. The molecule has 3 aromatic rings. The molecule has 2 aromatic heterocycles. The number of methoxy groups -OCH3 is 1. The standard InChI is InChI=1S/C17H17N3O3/c1-12-9-20-10-13(7-8-16(20)18-12)19-17(21)11-23-15-6-4-3-5-14(15)22-2/h3-10H,11H2,1-2H3,(H,19,21). The molecule has 2 heterocycles. The maximum absolute atomic E-state index is 12.0. The fraction of sp³-hybridized carbons (Fsp3) is 0.176. The van der Waals surface area contributed by atoms with E-state index in [0.29, 0.717) is 17.2 Å². The Morgan fingerprint density at radius 1 is 1.17 bits per heavy atom. The lowest BCUT2D eigenvalue weighted by molar-refractivity contribution is -0.118. The molecule has 0 unspecified atom stereocenters. The van der Waals surface area contributed by atoms with Crippen LogP contribution >= 0.6 is 0 Å². The predicted octanol–water partition coefficient (Wildman–Crippen LogP) is 2.67. The Hall–Kier alpha value is -3.02. The number of para-hydroxylation sites is 2. The predicted molar refractivity (Wildman–Crippen MR) is 87.0 cm³/mol. The molecular formula is C17H17N3O3. The van der Waals surface area contributed by atoms with Crippen LogP contribution < -0.4 is 14.8 Å². The minimum atomic E-state index is -0.243. The van der Waals surface area contributed by atoms with E-state index in [9.17, 15) is 4.79 Å². The van der Waals surface area contributed by atoms with Crippen LogP contribution in [0.3, 0.4) is 0 Å². The number of rotatable bonds is 5. The molecule has 0 aliphatic rings. The van der Waals surface area contributed by atoms with Gasteiger partial charge in [0.1, 0.15) is 5.65 Å². The van der Waals surface area contributed by atoms with Gasteiger partial charge in [-0.3, -0.25) is 4.79 Å². The Morgan fingerprint density at radius 3 is 2.74 bits per heavy atom. The molecule has 1 aromatic carbocycles. The Labute approximate surface area is 133 Å². The molecule has 0 bridgehead atoms. The number of hydrogen-bond acceptors (Lipinski definition) is 4. The van der Waals surface area contributed by atoms with Gasteiger partial charge >= 0.3 is 0 Å². The van der Waals surface area contributed by atoms with Crippen molar-refractivity contribution in [2.24, 2.45) is 0 Å². The normalized spacial score (nSPS) is 10.5. The van der Waals surface area contributed by atoms with Gasteiger partial charge in [0.15, 0.2) is 18.1 Å². The third-order valence-electron chi connectivity index (χ3n) is 3.28. The van der Waals surface area contributed by atoms with Crippen molar-refractivity contribution < 1.29 is 14.3 Å². The molecule has 0 radical (unpaired) electrons. The maximum atomic E-state index is 12.0. The lowest BCUT2D eigenvalue weighted by Gasteiger charge is -2.10. The van der Waals surface area contributed by atoms with Crippen LogP contribution in [0.5, 0.6) is 11.5 Å². The second kappa shape index (κ2) is 6.39. The fourth-order valence-electron chi connectivity index (χ4n) is 2.27. The van der Waals surface area contributed by atoms with Gasteiger partial charge in [0.2, 0.25) is 0 Å². The molecule has 6 heteroatoms. The molecule has 3 rings (SSSR count). The van der Waals surface area contributed by atoms with E-state index in [1.54, 1.807) is 19.2 Å². The Balaban J connectivity index is 1.64. The molecule has 0 aliphatic carbocycles. The average Bonchev–Trinajstić information content (AvgIpc) is 2.92. The average molecular weight is 311 g/mol. The highest BCUT2D eigenvalue weighted by atomic mass is 16.5. The van der Waals surface area contributed by atoms with Crippen LogP contribution in [-0.4, -0.2) is 29.0 Å². The zero-order valence-corrected chi connectivity index (χ0v) is 12.9. The molecule has 6 nitrogen and oxygen atoms in total. The summed E-state index contributed by atoms with van der Waals surface area (Å²) >= 11 is 0. The summed E-state index contributed by atoms with van der Waals surface area (Å²) in [7, 11) is 1.56. The quantitative estimate of drug-likeness (QED) is 0.787. The number of imidazole rings is 1. The summed E-state index contributed by atoms with van der Waals surface area (Å²) in [6.07, 6.45) is 3.71. The van der Waals surface area contributed by atoms with Crippen LogP contribution in [-0.2, 0) is 4.79 Å². The van der Waals surface area contributed by atoms with Gasteiger partial charge in [0.05, 0.1) is 18.5 Å². The van der Waals surface area contributed by atoms with Crippen LogP contribution in [0.15, 0.2) is 48.8 Å². The van der Waals surface area contributed by atoms with E-state index in [1.165, 1.54) is 0 Å². The Bertz CT molecular complexity index is 842. The molecule has 1 N–H and O–H groups in total. The molecule has 0 saturated carbocycles. The molecule has 0 saturated heterocycles. The number of hydrogen-bond donors (Lipinski definition) is 1. The SMILES string of the molecule is COc1ccccc1OCC(=O)Nc1ccc2nc(C)cn2c1. The monoisotopic (exact) mass is 311 g/mol. The largest absolute Gasteiger partial charge is 0.493 e. The highest BCUT2D eigenvalue weighted by molar-refractivity contribution is 5.91. The topological polar surface area (TPSA) is 64.9 Å². The smallest absolute Gasteiger partial charge is 0.262 e. The van der Waals surface area contributed by atoms with Crippen molar-refractivity contribution in [2.75, 3.05) is 19.0 Å². The Kier molecular flexibility index (Phi) is 4.14. The van der Waals surface area contributed by atoms with E-state index < -0.39 is 0 Å². The van der Waals surface area contributed by atoms with Gasteiger partial charge < -0.3 is 19.2 Å². The van der Waals surface area contributed by atoms with Gasteiger partial charge in [-0.2, -0.15) is 0 Å². The zero-order chi connectivity index (χ0) is 16.2. The van der Waals surface area contributed by atoms with Gasteiger partial charge in [-0.1, -0.05) is 12.1 Å². The van der Waals surface area contributed by atoms with Crippen molar-refractivity contribution in [1.82, 2.24) is 9.38 Å². The van der Waals surface area contributed by atoms with E-state index in [4.69, 9.17) is 9.47 Å². The third-order valence-corrected chi connectivity index (χ3v) is 3.28. The van der Waals surface area contributed by atoms with Crippen molar-refractivity contribution in [3.8, 4) is 11.5 Å². The highest BCUT2D eigenvalue weighted by Crippen LogP contribution is 2.25. The van der Waals surface area contributed by atoms with Crippen molar-refractivity contribution in [3.63, 3.8) is 0 Å². The number of aromatic nitrogens is 2. The molecule has 0 atom stereocenters. The molecule has 0 aliphatic heterocycles. The summed E-state index contributed by atoms with van der Waals surface area (Å²) in [5.41, 5.74) is 2.45. The lowest BCUT2D eigenvalue weighted by Crippen LogP contribution is -2.20. The lowest BCUT2D eigenvalue weighted by atomic mass is 10.3. The Morgan fingerprint density at radius 2 is 1.96 bits per heavy atom. The third kappa shape index (κ3) is 3.42. The van der Waals surface area contributed by atoms with Crippen molar-refractivity contribution in [2.45, 2.75) is 6.92 Å². The van der Waals surface area contributed by atoms with Crippen molar-refractivity contribution in [3.05, 3.63) is 54.5 Å².